The van der Waals surface area contributed by atoms with Gasteiger partial charge in [0.2, 0.25) is 0 Å². The Kier molecular flexibility index (Phi) is 2.91. The molecule has 1 fully saturated rings. The Hall–Kier alpha value is -1.62. The van der Waals surface area contributed by atoms with Crippen LogP contribution in [0.3, 0.4) is 0 Å². The molecule has 0 aliphatic carbocycles. The van der Waals surface area contributed by atoms with E-state index in [2.05, 4.69) is 16.0 Å². The summed E-state index contributed by atoms with van der Waals surface area (Å²) in [7, 11) is 0. The highest BCUT2D eigenvalue weighted by Gasteiger charge is 2.32. The average molecular weight is 249 g/mol. The van der Waals surface area contributed by atoms with Crippen LogP contribution in [0.2, 0.25) is 0 Å². The minimum Gasteiger partial charge on any atom is -0.331 e. The first-order valence-corrected chi connectivity index (χ1v) is 6.32. The van der Waals surface area contributed by atoms with E-state index in [0.29, 0.717) is 11.6 Å². The van der Waals surface area contributed by atoms with Gasteiger partial charge in [-0.25, -0.2) is 9.18 Å². The Balaban J connectivity index is 1.96. The predicted octanol–water partition coefficient (Wildman–Crippen LogP) is 2.00. The van der Waals surface area contributed by atoms with Crippen LogP contribution in [-0.2, 0) is 0 Å². The summed E-state index contributed by atoms with van der Waals surface area (Å²) in [5.41, 5.74) is 1.18. The van der Waals surface area contributed by atoms with Crippen LogP contribution < -0.4 is 16.0 Å². The molecule has 2 unspecified atom stereocenters. The molecule has 2 aliphatic rings. The van der Waals surface area contributed by atoms with Crippen molar-refractivity contribution in [2.45, 2.75) is 18.9 Å². The van der Waals surface area contributed by atoms with Gasteiger partial charge in [-0.2, -0.15) is 0 Å². The second kappa shape index (κ2) is 4.57. The highest BCUT2D eigenvalue weighted by atomic mass is 19.1. The number of hydrogen-bond acceptors (Lipinski definition) is 2. The lowest BCUT2D eigenvalue weighted by Gasteiger charge is -2.35. The number of amides is 2. The molecule has 2 atom stereocenters. The molecule has 2 heterocycles. The van der Waals surface area contributed by atoms with E-state index in [9.17, 15) is 9.18 Å². The molecule has 18 heavy (non-hydrogen) atoms. The molecule has 0 aromatic heterocycles. The number of carbonyl (C=O) groups excluding carboxylic acids is 1. The lowest BCUT2D eigenvalue weighted by atomic mass is 9.85. The predicted molar refractivity (Wildman–Crippen MR) is 66.9 cm³/mol. The molecule has 0 spiro atoms. The van der Waals surface area contributed by atoms with Crippen LogP contribution in [0.25, 0.3) is 0 Å². The Labute approximate surface area is 105 Å². The SMILES string of the molecule is O=C1Nc2c(F)cccc2C(C2CCCNC2)N1. The molecule has 3 rings (SSSR count). The second-order valence-electron chi connectivity index (χ2n) is 4.89. The maximum atomic E-state index is 13.7. The number of carbonyl (C=O) groups is 1. The van der Waals surface area contributed by atoms with Crippen LogP contribution in [-0.4, -0.2) is 19.1 Å². The number of fused-ring (bicyclic) bond motifs is 1. The molecular weight excluding hydrogens is 233 g/mol. The quantitative estimate of drug-likeness (QED) is 0.713. The van der Waals surface area contributed by atoms with Crippen molar-refractivity contribution >= 4 is 11.7 Å². The number of benzene rings is 1. The maximum Gasteiger partial charge on any atom is 0.319 e. The van der Waals surface area contributed by atoms with Crippen LogP contribution in [0.5, 0.6) is 0 Å². The van der Waals surface area contributed by atoms with Gasteiger partial charge >= 0.3 is 6.03 Å². The summed E-state index contributed by atoms with van der Waals surface area (Å²) in [4.78, 5) is 11.6. The Morgan fingerprint density at radius 2 is 2.22 bits per heavy atom. The van der Waals surface area contributed by atoms with Crippen LogP contribution >= 0.6 is 0 Å². The largest absolute Gasteiger partial charge is 0.331 e. The summed E-state index contributed by atoms with van der Waals surface area (Å²) >= 11 is 0. The van der Waals surface area contributed by atoms with Gasteiger partial charge in [-0.3, -0.25) is 0 Å². The van der Waals surface area contributed by atoms with Gasteiger partial charge in [-0.15, -0.1) is 0 Å². The number of rotatable bonds is 1. The first-order valence-electron chi connectivity index (χ1n) is 6.32. The Morgan fingerprint density at radius 1 is 1.33 bits per heavy atom. The second-order valence-corrected chi connectivity index (χ2v) is 4.89. The van der Waals surface area contributed by atoms with Crippen molar-refractivity contribution in [1.29, 1.82) is 0 Å². The van der Waals surface area contributed by atoms with Gasteiger partial charge in [0.1, 0.15) is 5.82 Å². The van der Waals surface area contributed by atoms with Gasteiger partial charge in [0.25, 0.3) is 0 Å². The van der Waals surface area contributed by atoms with Crippen molar-refractivity contribution in [2.75, 3.05) is 18.4 Å². The third-order valence-corrected chi connectivity index (χ3v) is 3.71. The van der Waals surface area contributed by atoms with Gasteiger partial charge in [0.05, 0.1) is 11.7 Å². The van der Waals surface area contributed by atoms with E-state index < -0.39 is 0 Å². The third kappa shape index (κ3) is 1.95. The van der Waals surface area contributed by atoms with Gasteiger partial charge in [0.15, 0.2) is 0 Å². The van der Waals surface area contributed by atoms with Crippen molar-refractivity contribution in [3.05, 3.63) is 29.6 Å². The summed E-state index contributed by atoms with van der Waals surface area (Å²) in [6.45, 7) is 1.88. The van der Waals surface area contributed by atoms with Gasteiger partial charge in [0, 0.05) is 12.1 Å². The Morgan fingerprint density at radius 3 is 3.00 bits per heavy atom. The molecule has 96 valence electrons. The number of para-hydroxylation sites is 1. The smallest absolute Gasteiger partial charge is 0.319 e. The summed E-state index contributed by atoms with van der Waals surface area (Å²) in [6, 6.07) is 4.53. The van der Waals surface area contributed by atoms with Crippen molar-refractivity contribution in [3.8, 4) is 0 Å². The topological polar surface area (TPSA) is 53.2 Å². The van der Waals surface area contributed by atoms with Crippen LogP contribution in [0.15, 0.2) is 18.2 Å². The molecule has 3 N–H and O–H groups in total. The molecule has 0 saturated carbocycles. The maximum absolute atomic E-state index is 13.7. The van der Waals surface area contributed by atoms with E-state index in [1.165, 1.54) is 6.07 Å². The minimum atomic E-state index is -0.365. The molecule has 4 nitrogen and oxygen atoms in total. The van der Waals surface area contributed by atoms with E-state index in [0.717, 1.165) is 31.5 Å². The van der Waals surface area contributed by atoms with E-state index in [1.54, 1.807) is 6.07 Å². The molecular formula is C13H16FN3O. The summed E-state index contributed by atoms with van der Waals surface area (Å²) < 4.78 is 13.7. The van der Waals surface area contributed by atoms with Crippen LogP contribution in [0.4, 0.5) is 14.9 Å². The van der Waals surface area contributed by atoms with Crippen LogP contribution in [0, 0.1) is 11.7 Å². The number of piperidine rings is 1. The lowest BCUT2D eigenvalue weighted by Crippen LogP contribution is -2.45. The fourth-order valence-corrected chi connectivity index (χ4v) is 2.84. The zero-order valence-corrected chi connectivity index (χ0v) is 10.0. The number of halogens is 1. The molecule has 2 aliphatic heterocycles. The lowest BCUT2D eigenvalue weighted by molar-refractivity contribution is 0.232. The Bertz CT molecular complexity index is 471. The van der Waals surface area contributed by atoms with E-state index in [1.807, 2.05) is 6.07 Å². The molecule has 1 aromatic carbocycles. The minimum absolute atomic E-state index is 0.0998. The summed E-state index contributed by atoms with van der Waals surface area (Å²) in [6.07, 6.45) is 2.14. The highest BCUT2D eigenvalue weighted by Crippen LogP contribution is 2.35. The average Bonchev–Trinajstić information content (AvgIpc) is 2.40. The molecule has 1 saturated heterocycles. The van der Waals surface area contributed by atoms with E-state index in [4.69, 9.17) is 0 Å². The van der Waals surface area contributed by atoms with Crippen LogP contribution in [0.1, 0.15) is 24.4 Å². The van der Waals surface area contributed by atoms with E-state index >= 15 is 0 Å². The van der Waals surface area contributed by atoms with Gasteiger partial charge in [-0.05, 0) is 31.4 Å². The zero-order valence-electron chi connectivity index (χ0n) is 10.0. The molecule has 0 radical (unpaired) electrons. The van der Waals surface area contributed by atoms with Crippen molar-refractivity contribution < 1.29 is 9.18 Å². The first-order chi connectivity index (χ1) is 8.75. The monoisotopic (exact) mass is 249 g/mol. The number of hydrogen-bond donors (Lipinski definition) is 3. The number of nitrogens with one attached hydrogen (secondary N) is 3. The zero-order chi connectivity index (χ0) is 12.5. The highest BCUT2D eigenvalue weighted by molar-refractivity contribution is 5.93. The number of urea groups is 1. The number of anilines is 1. The standard InChI is InChI=1S/C13H16FN3O/c14-10-5-1-4-9-11(8-3-2-6-15-7-8)16-13(18)17-12(9)10/h1,4-5,8,11,15H,2-3,6-7H2,(H2,16,17,18). The van der Waals surface area contributed by atoms with E-state index in [-0.39, 0.29) is 17.9 Å². The normalized spacial score (nSPS) is 27.1. The molecule has 0 bridgehead atoms. The molecule has 2 amide bonds. The van der Waals surface area contributed by atoms with Crippen molar-refractivity contribution in [3.63, 3.8) is 0 Å². The third-order valence-electron chi connectivity index (χ3n) is 3.71. The fourth-order valence-electron chi connectivity index (χ4n) is 2.84. The fraction of sp³-hybridized carbons (Fsp3) is 0.462. The van der Waals surface area contributed by atoms with Gasteiger partial charge < -0.3 is 16.0 Å². The molecule has 5 heteroatoms. The molecule has 1 aromatic rings. The summed E-state index contributed by atoms with van der Waals surface area (Å²) in [5, 5.41) is 8.79. The van der Waals surface area contributed by atoms with Crippen molar-refractivity contribution in [2.24, 2.45) is 5.92 Å². The van der Waals surface area contributed by atoms with Gasteiger partial charge in [-0.1, -0.05) is 12.1 Å². The first kappa shape index (κ1) is 11.5. The summed E-state index contributed by atoms with van der Waals surface area (Å²) in [5.74, 6) is -0.0403. The van der Waals surface area contributed by atoms with Crippen molar-refractivity contribution in [1.82, 2.24) is 10.6 Å².